The monoisotopic (exact) mass is 350 g/mol. The third-order valence-electron chi connectivity index (χ3n) is 6.31. The van der Waals surface area contributed by atoms with Gasteiger partial charge in [-0.3, -0.25) is 0 Å². The molecule has 1 aliphatic carbocycles. The molecular formula is C22H30N4. The summed E-state index contributed by atoms with van der Waals surface area (Å²) in [5.41, 5.74) is 3.99. The molecule has 26 heavy (non-hydrogen) atoms. The van der Waals surface area contributed by atoms with E-state index in [1.165, 1.54) is 50.0 Å². The van der Waals surface area contributed by atoms with Crippen LogP contribution < -0.4 is 5.32 Å². The summed E-state index contributed by atoms with van der Waals surface area (Å²) < 4.78 is 0. The standard InChI is InChI=1S/C22H30N4/c1-3-26-13-9-19(10-14-26)18-5-7-20(8-6-18)22(11-4-12-22)25-21-23-15-17(2)16-24-21/h5-8,15-16,19H,3-4,9-14H2,1-2H3,(H,23,24,25). The van der Waals surface area contributed by atoms with Crippen LogP contribution in [0.15, 0.2) is 36.7 Å². The number of nitrogens with one attached hydrogen (secondary N) is 1. The molecule has 0 atom stereocenters. The fourth-order valence-corrected chi connectivity index (χ4v) is 4.34. The molecule has 0 radical (unpaired) electrons. The van der Waals surface area contributed by atoms with E-state index in [4.69, 9.17) is 0 Å². The van der Waals surface area contributed by atoms with Gasteiger partial charge < -0.3 is 10.2 Å². The van der Waals surface area contributed by atoms with E-state index in [9.17, 15) is 0 Å². The summed E-state index contributed by atoms with van der Waals surface area (Å²) in [5, 5.41) is 3.62. The average molecular weight is 351 g/mol. The van der Waals surface area contributed by atoms with Gasteiger partial charge in [-0.15, -0.1) is 0 Å². The Balaban J connectivity index is 1.47. The third kappa shape index (κ3) is 3.48. The number of aromatic nitrogens is 2. The van der Waals surface area contributed by atoms with E-state index in [0.717, 1.165) is 30.3 Å². The van der Waals surface area contributed by atoms with Crippen molar-refractivity contribution in [3.63, 3.8) is 0 Å². The fourth-order valence-electron chi connectivity index (χ4n) is 4.34. The zero-order valence-corrected chi connectivity index (χ0v) is 16.0. The molecule has 1 aliphatic heterocycles. The lowest BCUT2D eigenvalue weighted by atomic mass is 9.71. The van der Waals surface area contributed by atoms with Crippen molar-refractivity contribution in [2.24, 2.45) is 0 Å². The highest BCUT2D eigenvalue weighted by atomic mass is 15.1. The minimum absolute atomic E-state index is 0.0133. The molecule has 1 saturated carbocycles. The Morgan fingerprint density at radius 1 is 1.08 bits per heavy atom. The molecule has 1 N–H and O–H groups in total. The van der Waals surface area contributed by atoms with Gasteiger partial charge in [0, 0.05) is 12.4 Å². The highest BCUT2D eigenvalue weighted by Gasteiger charge is 2.39. The number of likely N-dealkylation sites (tertiary alicyclic amines) is 1. The Labute approximate surface area is 157 Å². The summed E-state index contributed by atoms with van der Waals surface area (Å²) >= 11 is 0. The van der Waals surface area contributed by atoms with E-state index in [1.54, 1.807) is 0 Å². The van der Waals surface area contributed by atoms with Gasteiger partial charge >= 0.3 is 0 Å². The maximum Gasteiger partial charge on any atom is 0.223 e. The minimum atomic E-state index is 0.0133. The second-order valence-electron chi connectivity index (χ2n) is 7.98. The van der Waals surface area contributed by atoms with Crippen LogP contribution >= 0.6 is 0 Å². The van der Waals surface area contributed by atoms with Crippen molar-refractivity contribution in [3.8, 4) is 0 Å². The molecule has 1 aromatic carbocycles. The second-order valence-corrected chi connectivity index (χ2v) is 7.98. The van der Waals surface area contributed by atoms with Crippen LogP contribution in [0.4, 0.5) is 5.95 Å². The van der Waals surface area contributed by atoms with E-state index in [0.29, 0.717) is 0 Å². The number of hydrogen-bond donors (Lipinski definition) is 1. The van der Waals surface area contributed by atoms with Gasteiger partial charge in [0.2, 0.25) is 5.95 Å². The van der Waals surface area contributed by atoms with E-state index in [1.807, 2.05) is 19.3 Å². The molecule has 1 aromatic heterocycles. The molecule has 0 spiro atoms. The SMILES string of the molecule is CCN1CCC(c2ccc(C3(Nc4ncc(C)cn4)CCC3)cc2)CC1. The number of piperidine rings is 1. The zero-order valence-electron chi connectivity index (χ0n) is 16.0. The lowest BCUT2D eigenvalue weighted by molar-refractivity contribution is 0.222. The molecule has 2 heterocycles. The Hall–Kier alpha value is -1.94. The lowest BCUT2D eigenvalue weighted by Crippen LogP contribution is -2.42. The van der Waals surface area contributed by atoms with Crippen LogP contribution in [0.3, 0.4) is 0 Å². The molecule has 1 saturated heterocycles. The first-order valence-corrected chi connectivity index (χ1v) is 10.1. The van der Waals surface area contributed by atoms with Crippen LogP contribution in [0.2, 0.25) is 0 Å². The maximum atomic E-state index is 4.45. The fraction of sp³-hybridized carbons (Fsp3) is 0.545. The number of aryl methyl sites for hydroxylation is 1. The molecule has 2 fully saturated rings. The van der Waals surface area contributed by atoms with E-state index < -0.39 is 0 Å². The smallest absolute Gasteiger partial charge is 0.223 e. The molecule has 138 valence electrons. The van der Waals surface area contributed by atoms with Gasteiger partial charge in [-0.05, 0) is 81.3 Å². The van der Waals surface area contributed by atoms with Crippen LogP contribution in [0.1, 0.15) is 61.6 Å². The summed E-state index contributed by atoms with van der Waals surface area (Å²) in [7, 11) is 0. The molecule has 4 heteroatoms. The number of hydrogen-bond acceptors (Lipinski definition) is 4. The Kier molecular flexibility index (Phi) is 4.94. The van der Waals surface area contributed by atoms with E-state index in [-0.39, 0.29) is 5.54 Å². The largest absolute Gasteiger partial charge is 0.345 e. The highest BCUT2D eigenvalue weighted by Crippen LogP contribution is 2.44. The van der Waals surface area contributed by atoms with Gasteiger partial charge in [0.15, 0.2) is 0 Å². The van der Waals surface area contributed by atoms with Gasteiger partial charge in [0.25, 0.3) is 0 Å². The lowest BCUT2D eigenvalue weighted by Gasteiger charge is -2.43. The predicted molar refractivity (Wildman–Crippen MR) is 106 cm³/mol. The van der Waals surface area contributed by atoms with Crippen molar-refractivity contribution in [3.05, 3.63) is 53.3 Å². The summed E-state index contributed by atoms with van der Waals surface area (Å²) in [6.45, 7) is 7.93. The molecule has 4 rings (SSSR count). The molecule has 2 aromatic rings. The van der Waals surface area contributed by atoms with Gasteiger partial charge in [0.05, 0.1) is 5.54 Å². The van der Waals surface area contributed by atoms with Crippen LogP contribution in [0, 0.1) is 6.92 Å². The summed E-state index contributed by atoms with van der Waals surface area (Å²) in [5.74, 6) is 1.46. The Morgan fingerprint density at radius 3 is 2.27 bits per heavy atom. The maximum absolute atomic E-state index is 4.45. The summed E-state index contributed by atoms with van der Waals surface area (Å²) in [6.07, 6.45) is 9.90. The molecule has 2 aliphatic rings. The quantitative estimate of drug-likeness (QED) is 0.863. The summed E-state index contributed by atoms with van der Waals surface area (Å²) in [6, 6.07) is 9.39. The van der Waals surface area contributed by atoms with Crippen LogP contribution in [-0.2, 0) is 5.54 Å². The van der Waals surface area contributed by atoms with Gasteiger partial charge in [-0.1, -0.05) is 31.2 Å². The molecular weight excluding hydrogens is 320 g/mol. The van der Waals surface area contributed by atoms with E-state index >= 15 is 0 Å². The van der Waals surface area contributed by atoms with Crippen molar-refractivity contribution in [2.45, 2.75) is 57.4 Å². The number of rotatable bonds is 5. The first-order valence-electron chi connectivity index (χ1n) is 10.1. The highest BCUT2D eigenvalue weighted by molar-refractivity contribution is 5.41. The third-order valence-corrected chi connectivity index (χ3v) is 6.31. The topological polar surface area (TPSA) is 41.0 Å². The Bertz CT molecular complexity index is 711. The van der Waals surface area contributed by atoms with Crippen molar-refractivity contribution in [1.29, 1.82) is 0 Å². The number of anilines is 1. The van der Waals surface area contributed by atoms with Crippen LogP contribution in [0.25, 0.3) is 0 Å². The normalized spacial score (nSPS) is 20.5. The van der Waals surface area contributed by atoms with Crippen molar-refractivity contribution < 1.29 is 0 Å². The van der Waals surface area contributed by atoms with Crippen molar-refractivity contribution in [1.82, 2.24) is 14.9 Å². The molecule has 0 bridgehead atoms. The second kappa shape index (κ2) is 7.36. The predicted octanol–water partition coefficient (Wildman–Crippen LogP) is 4.48. The van der Waals surface area contributed by atoms with Crippen LogP contribution in [-0.4, -0.2) is 34.5 Å². The average Bonchev–Trinajstić information content (AvgIpc) is 2.66. The zero-order chi connectivity index (χ0) is 18.0. The molecule has 0 amide bonds. The molecule has 4 nitrogen and oxygen atoms in total. The van der Waals surface area contributed by atoms with Crippen molar-refractivity contribution >= 4 is 5.95 Å². The van der Waals surface area contributed by atoms with Gasteiger partial charge in [-0.25, -0.2) is 9.97 Å². The van der Waals surface area contributed by atoms with Gasteiger partial charge in [0.1, 0.15) is 0 Å². The number of benzene rings is 1. The summed E-state index contributed by atoms with van der Waals surface area (Å²) in [4.78, 5) is 11.5. The molecule has 0 unspecified atom stereocenters. The Morgan fingerprint density at radius 2 is 1.73 bits per heavy atom. The van der Waals surface area contributed by atoms with E-state index in [2.05, 4.69) is 51.4 Å². The number of nitrogens with zero attached hydrogens (tertiary/aromatic N) is 3. The first kappa shape index (κ1) is 17.5. The van der Waals surface area contributed by atoms with Crippen LogP contribution in [0.5, 0.6) is 0 Å². The van der Waals surface area contributed by atoms with Gasteiger partial charge in [-0.2, -0.15) is 0 Å². The minimum Gasteiger partial charge on any atom is -0.345 e. The first-order chi connectivity index (χ1) is 12.7. The van der Waals surface area contributed by atoms with Crippen molar-refractivity contribution in [2.75, 3.05) is 25.0 Å².